The molecule has 1 aliphatic rings. The first-order valence-electron chi connectivity index (χ1n) is 11.6. The van der Waals surface area contributed by atoms with Gasteiger partial charge in [0.15, 0.2) is 5.65 Å². The van der Waals surface area contributed by atoms with E-state index in [2.05, 4.69) is 37.1 Å². The van der Waals surface area contributed by atoms with E-state index >= 15 is 4.39 Å². The molecule has 0 radical (unpaired) electrons. The smallest absolute Gasteiger partial charge is 0.303 e. The van der Waals surface area contributed by atoms with Crippen LogP contribution in [0.3, 0.4) is 0 Å². The number of fused-ring (bicyclic) bond motifs is 1. The van der Waals surface area contributed by atoms with Gasteiger partial charge in [0, 0.05) is 31.7 Å². The second-order valence-corrected chi connectivity index (χ2v) is 9.68. The van der Waals surface area contributed by atoms with Crippen molar-refractivity contribution in [3.63, 3.8) is 0 Å². The molecule has 3 aromatic rings. The van der Waals surface area contributed by atoms with E-state index in [0.29, 0.717) is 22.7 Å². The number of nitrogens with zero attached hydrogens (tertiary/aromatic N) is 5. The van der Waals surface area contributed by atoms with E-state index in [1.807, 2.05) is 6.07 Å². The van der Waals surface area contributed by atoms with Gasteiger partial charge in [-0.15, -0.1) is 0 Å². The fraction of sp³-hybridized carbons (Fsp3) is 0.480. The second-order valence-electron chi connectivity index (χ2n) is 9.68. The Kier molecular flexibility index (Phi) is 6.63. The van der Waals surface area contributed by atoms with Crippen molar-refractivity contribution in [2.45, 2.75) is 45.3 Å². The van der Waals surface area contributed by atoms with Gasteiger partial charge in [-0.2, -0.15) is 8.78 Å². The summed E-state index contributed by atoms with van der Waals surface area (Å²) in [7, 11) is 2.08. The maximum Gasteiger partial charge on any atom is 0.303 e. The van der Waals surface area contributed by atoms with E-state index in [1.165, 1.54) is 12.1 Å². The van der Waals surface area contributed by atoms with Crippen molar-refractivity contribution in [1.82, 2.24) is 19.9 Å². The van der Waals surface area contributed by atoms with Crippen LogP contribution in [0.2, 0.25) is 0 Å². The van der Waals surface area contributed by atoms with E-state index < -0.39 is 28.9 Å². The maximum absolute atomic E-state index is 15.3. The monoisotopic (exact) mass is 488 g/mol. The summed E-state index contributed by atoms with van der Waals surface area (Å²) in [6.07, 6.45) is 1.79. The predicted molar refractivity (Wildman–Crippen MR) is 130 cm³/mol. The zero-order chi connectivity index (χ0) is 25.5. The zero-order valence-electron chi connectivity index (χ0n) is 20.6. The number of rotatable bonds is 6. The van der Waals surface area contributed by atoms with Crippen LogP contribution >= 0.6 is 0 Å². The normalized spacial score (nSPS) is 16.5. The SMILES string of the molecule is Cc1nc(NC(C)c2cccc(C(F)(F)C(C)(C)O)c2F)c2cc(N3CCN(C)CC3)cnc2n1. The van der Waals surface area contributed by atoms with Gasteiger partial charge in [-0.1, -0.05) is 12.1 Å². The lowest BCUT2D eigenvalue weighted by Crippen LogP contribution is -2.44. The van der Waals surface area contributed by atoms with Crippen molar-refractivity contribution in [2.75, 3.05) is 43.4 Å². The summed E-state index contributed by atoms with van der Waals surface area (Å²) >= 11 is 0. The number of alkyl halides is 2. The Morgan fingerprint density at radius 3 is 2.46 bits per heavy atom. The summed E-state index contributed by atoms with van der Waals surface area (Å²) < 4.78 is 44.8. The topological polar surface area (TPSA) is 77.4 Å². The molecule has 3 heterocycles. The molecule has 1 aliphatic heterocycles. The molecule has 35 heavy (non-hydrogen) atoms. The van der Waals surface area contributed by atoms with E-state index in [0.717, 1.165) is 51.8 Å². The van der Waals surface area contributed by atoms with E-state index in [-0.39, 0.29) is 5.56 Å². The number of piperazine rings is 1. The first-order chi connectivity index (χ1) is 16.4. The van der Waals surface area contributed by atoms with Crippen molar-refractivity contribution < 1.29 is 18.3 Å². The summed E-state index contributed by atoms with van der Waals surface area (Å²) in [6.45, 7) is 8.93. The first-order valence-corrected chi connectivity index (χ1v) is 11.6. The van der Waals surface area contributed by atoms with Crippen molar-refractivity contribution in [3.05, 3.63) is 53.2 Å². The number of nitrogens with one attached hydrogen (secondary N) is 1. The van der Waals surface area contributed by atoms with Gasteiger partial charge >= 0.3 is 5.92 Å². The third-order valence-corrected chi connectivity index (χ3v) is 6.47. The summed E-state index contributed by atoms with van der Waals surface area (Å²) in [6, 6.07) is 5.07. The Balaban J connectivity index is 1.69. The highest BCUT2D eigenvalue weighted by atomic mass is 19.3. The van der Waals surface area contributed by atoms with Crippen LogP contribution in [0.5, 0.6) is 0 Å². The minimum absolute atomic E-state index is 0.0408. The van der Waals surface area contributed by atoms with Crippen molar-refractivity contribution >= 4 is 22.5 Å². The average molecular weight is 489 g/mol. The van der Waals surface area contributed by atoms with Crippen LogP contribution in [0.25, 0.3) is 11.0 Å². The largest absolute Gasteiger partial charge is 0.384 e. The number of hydrogen-bond donors (Lipinski definition) is 2. The highest BCUT2D eigenvalue weighted by Crippen LogP contribution is 2.41. The van der Waals surface area contributed by atoms with Crippen LogP contribution in [-0.2, 0) is 5.92 Å². The van der Waals surface area contributed by atoms with Gasteiger partial charge in [0.05, 0.1) is 28.9 Å². The summed E-state index contributed by atoms with van der Waals surface area (Å²) in [5.74, 6) is -3.91. The van der Waals surface area contributed by atoms with E-state index in [9.17, 15) is 13.9 Å². The molecule has 0 amide bonds. The molecule has 2 N–H and O–H groups in total. The molecule has 1 aromatic carbocycles. The van der Waals surface area contributed by atoms with Gasteiger partial charge in [-0.25, -0.2) is 19.3 Å². The number of aryl methyl sites for hydroxylation is 1. The highest BCUT2D eigenvalue weighted by molar-refractivity contribution is 5.89. The van der Waals surface area contributed by atoms with Crippen LogP contribution in [0.4, 0.5) is 24.7 Å². The molecule has 0 aliphatic carbocycles. The van der Waals surface area contributed by atoms with Gasteiger partial charge in [0.25, 0.3) is 0 Å². The lowest BCUT2D eigenvalue weighted by molar-refractivity contribution is -0.170. The number of likely N-dealkylation sites (N-methyl/N-ethyl adjacent to an activating group) is 1. The lowest BCUT2D eigenvalue weighted by atomic mass is 9.91. The van der Waals surface area contributed by atoms with E-state index in [1.54, 1.807) is 20.0 Å². The molecule has 1 atom stereocenters. The lowest BCUT2D eigenvalue weighted by Gasteiger charge is -2.34. The maximum atomic E-state index is 15.3. The molecular formula is C25H31F3N6O. The van der Waals surface area contributed by atoms with Crippen LogP contribution in [0, 0.1) is 12.7 Å². The second kappa shape index (κ2) is 9.23. The van der Waals surface area contributed by atoms with Crippen LogP contribution in [0.15, 0.2) is 30.5 Å². The molecule has 188 valence electrons. The predicted octanol–water partition coefficient (Wildman–Crippen LogP) is 4.26. The summed E-state index contributed by atoms with van der Waals surface area (Å²) in [5, 5.41) is 13.8. The number of aromatic nitrogens is 3. The van der Waals surface area contributed by atoms with Gasteiger partial charge in [0.2, 0.25) is 0 Å². The molecule has 0 bridgehead atoms. The fourth-order valence-corrected chi connectivity index (χ4v) is 4.20. The van der Waals surface area contributed by atoms with Crippen LogP contribution in [0.1, 0.15) is 43.8 Å². The first kappa shape index (κ1) is 25.1. The minimum Gasteiger partial charge on any atom is -0.384 e. The van der Waals surface area contributed by atoms with Crippen molar-refractivity contribution in [2.24, 2.45) is 0 Å². The number of halogens is 3. The molecule has 2 aromatic heterocycles. The fourth-order valence-electron chi connectivity index (χ4n) is 4.20. The Bertz CT molecular complexity index is 1220. The number of benzene rings is 1. The van der Waals surface area contributed by atoms with Gasteiger partial charge in [-0.3, -0.25) is 0 Å². The number of anilines is 2. The Labute approximate surface area is 203 Å². The average Bonchev–Trinajstić information content (AvgIpc) is 2.78. The standard InChI is InChI=1S/C25H31F3N6O/c1-15(18-7-6-8-20(21(18)26)25(27,28)24(3,4)35)30-23-19-13-17(34-11-9-33(5)10-12-34)14-29-22(19)31-16(2)32-23/h6-8,13-15,35H,9-12H2,1-5H3,(H,29,30,31,32). The van der Waals surface area contributed by atoms with Gasteiger partial charge in [-0.05, 0) is 46.9 Å². The molecule has 1 unspecified atom stereocenters. The van der Waals surface area contributed by atoms with Crippen LogP contribution < -0.4 is 10.2 Å². The van der Waals surface area contributed by atoms with Crippen molar-refractivity contribution in [1.29, 1.82) is 0 Å². The number of pyridine rings is 1. The molecule has 4 rings (SSSR count). The van der Waals surface area contributed by atoms with Crippen LogP contribution in [-0.4, -0.2) is 63.8 Å². The van der Waals surface area contributed by atoms with E-state index in [4.69, 9.17) is 0 Å². The molecule has 0 spiro atoms. The minimum atomic E-state index is -3.77. The van der Waals surface area contributed by atoms with Gasteiger partial charge < -0.3 is 20.2 Å². The highest BCUT2D eigenvalue weighted by Gasteiger charge is 2.49. The third-order valence-electron chi connectivity index (χ3n) is 6.47. The molecule has 10 heteroatoms. The quantitative estimate of drug-likeness (QED) is 0.537. The Morgan fingerprint density at radius 2 is 1.80 bits per heavy atom. The molecule has 0 saturated carbocycles. The molecule has 7 nitrogen and oxygen atoms in total. The number of aliphatic hydroxyl groups is 1. The Morgan fingerprint density at radius 1 is 1.11 bits per heavy atom. The summed E-state index contributed by atoms with van der Waals surface area (Å²) in [5.41, 5.74) is -1.80. The molecule has 1 saturated heterocycles. The third kappa shape index (κ3) is 4.90. The van der Waals surface area contributed by atoms with Gasteiger partial charge in [0.1, 0.15) is 23.1 Å². The zero-order valence-corrected chi connectivity index (χ0v) is 20.6. The number of hydrogen-bond acceptors (Lipinski definition) is 7. The molecule has 1 fully saturated rings. The summed E-state index contributed by atoms with van der Waals surface area (Å²) in [4.78, 5) is 17.9. The Hall–Kier alpha value is -2.98. The molecular weight excluding hydrogens is 457 g/mol. The van der Waals surface area contributed by atoms with Crippen molar-refractivity contribution in [3.8, 4) is 0 Å².